The number of nitrogens with one attached hydrogen (secondary N) is 2. The van der Waals surface area contributed by atoms with Crippen molar-refractivity contribution < 1.29 is 4.79 Å². The molecule has 1 aromatic rings. The summed E-state index contributed by atoms with van der Waals surface area (Å²) < 4.78 is 0. The molecule has 2 atom stereocenters. The summed E-state index contributed by atoms with van der Waals surface area (Å²) in [5, 5.41) is 6.03. The van der Waals surface area contributed by atoms with Gasteiger partial charge in [0.05, 0.1) is 12.4 Å². The van der Waals surface area contributed by atoms with Crippen molar-refractivity contribution in [3.63, 3.8) is 0 Å². The molecule has 0 aromatic carbocycles. The lowest BCUT2D eigenvalue weighted by Gasteiger charge is -2.32. The maximum Gasteiger partial charge on any atom is 0.271 e. The Bertz CT molecular complexity index is 492. The standard InChI is InChI=1S/C14H21N5O/c1-15-13-9-16-8-11(17-13)14(20)18-10-5-7-19-6-3-2-4-12(10)19/h8-10,12H,2-7H2,1H3,(H,15,17)(H,18,20). The Morgan fingerprint density at radius 2 is 2.20 bits per heavy atom. The highest BCUT2D eigenvalue weighted by atomic mass is 16.2. The van der Waals surface area contributed by atoms with Crippen molar-refractivity contribution in [3.05, 3.63) is 18.1 Å². The van der Waals surface area contributed by atoms with E-state index in [0.717, 1.165) is 13.0 Å². The lowest BCUT2D eigenvalue weighted by atomic mass is 9.99. The number of hydrogen-bond donors (Lipinski definition) is 2. The third-order valence-corrected chi connectivity index (χ3v) is 4.30. The van der Waals surface area contributed by atoms with Crippen molar-refractivity contribution in [2.24, 2.45) is 0 Å². The van der Waals surface area contributed by atoms with Gasteiger partial charge in [-0.05, 0) is 25.8 Å². The summed E-state index contributed by atoms with van der Waals surface area (Å²) in [5.74, 6) is 0.496. The molecule has 0 aliphatic carbocycles. The van der Waals surface area contributed by atoms with E-state index in [0.29, 0.717) is 17.6 Å². The summed E-state index contributed by atoms with van der Waals surface area (Å²) in [5.41, 5.74) is 0.381. The van der Waals surface area contributed by atoms with Gasteiger partial charge in [0, 0.05) is 25.7 Å². The zero-order chi connectivity index (χ0) is 13.9. The van der Waals surface area contributed by atoms with Crippen molar-refractivity contribution in [1.29, 1.82) is 0 Å². The molecule has 2 N–H and O–H groups in total. The quantitative estimate of drug-likeness (QED) is 0.857. The third-order valence-electron chi connectivity index (χ3n) is 4.30. The molecule has 1 amide bonds. The van der Waals surface area contributed by atoms with E-state index in [9.17, 15) is 4.79 Å². The first-order chi connectivity index (χ1) is 9.78. The number of fused-ring (bicyclic) bond motifs is 1. The Balaban J connectivity index is 1.66. The first-order valence-corrected chi connectivity index (χ1v) is 7.32. The molecule has 108 valence electrons. The molecule has 0 bridgehead atoms. The molecule has 1 aromatic heterocycles. The van der Waals surface area contributed by atoms with Crippen LogP contribution in [0.1, 0.15) is 36.2 Å². The summed E-state index contributed by atoms with van der Waals surface area (Å²) in [4.78, 5) is 23.1. The number of nitrogens with zero attached hydrogens (tertiary/aromatic N) is 3. The molecule has 2 saturated heterocycles. The zero-order valence-corrected chi connectivity index (χ0v) is 11.8. The molecule has 0 radical (unpaired) electrons. The second-order valence-electron chi connectivity index (χ2n) is 5.51. The number of hydrogen-bond acceptors (Lipinski definition) is 5. The number of amides is 1. The predicted molar refractivity (Wildman–Crippen MR) is 76.7 cm³/mol. The van der Waals surface area contributed by atoms with Gasteiger partial charge in [-0.25, -0.2) is 4.98 Å². The highest BCUT2D eigenvalue weighted by molar-refractivity contribution is 5.92. The molecule has 2 unspecified atom stereocenters. The fourth-order valence-electron chi connectivity index (χ4n) is 3.25. The molecule has 2 aliphatic heterocycles. The minimum atomic E-state index is -0.118. The Morgan fingerprint density at radius 3 is 3.05 bits per heavy atom. The van der Waals surface area contributed by atoms with Crippen molar-refractivity contribution in [2.45, 2.75) is 37.8 Å². The highest BCUT2D eigenvalue weighted by Gasteiger charge is 2.36. The molecule has 3 rings (SSSR count). The Morgan fingerprint density at radius 1 is 1.30 bits per heavy atom. The Kier molecular flexibility index (Phi) is 3.82. The van der Waals surface area contributed by atoms with Crippen LogP contribution in [-0.4, -0.2) is 53.0 Å². The van der Waals surface area contributed by atoms with Gasteiger partial charge in [0.15, 0.2) is 0 Å². The molecule has 0 saturated carbocycles. The zero-order valence-electron chi connectivity index (χ0n) is 11.8. The summed E-state index contributed by atoms with van der Waals surface area (Å²) in [6.45, 7) is 2.27. The van der Waals surface area contributed by atoms with Crippen molar-refractivity contribution >= 4 is 11.7 Å². The van der Waals surface area contributed by atoms with E-state index in [4.69, 9.17) is 0 Å². The van der Waals surface area contributed by atoms with E-state index < -0.39 is 0 Å². The molecule has 6 heteroatoms. The second kappa shape index (κ2) is 5.75. The van der Waals surface area contributed by atoms with Crippen LogP contribution in [0, 0.1) is 0 Å². The van der Waals surface area contributed by atoms with Gasteiger partial charge in [-0.3, -0.25) is 14.7 Å². The molecule has 2 aliphatic rings. The van der Waals surface area contributed by atoms with Crippen LogP contribution in [0.15, 0.2) is 12.4 Å². The van der Waals surface area contributed by atoms with Gasteiger partial charge in [-0.2, -0.15) is 0 Å². The van der Waals surface area contributed by atoms with Gasteiger partial charge in [0.1, 0.15) is 11.5 Å². The van der Waals surface area contributed by atoms with Crippen LogP contribution >= 0.6 is 0 Å². The van der Waals surface area contributed by atoms with Crippen LogP contribution in [0.2, 0.25) is 0 Å². The number of rotatable bonds is 3. The monoisotopic (exact) mass is 275 g/mol. The Labute approximate surface area is 119 Å². The number of carbonyl (C=O) groups excluding carboxylic acids is 1. The van der Waals surface area contributed by atoms with Crippen LogP contribution in [0.25, 0.3) is 0 Å². The fraction of sp³-hybridized carbons (Fsp3) is 0.643. The second-order valence-corrected chi connectivity index (χ2v) is 5.51. The maximum atomic E-state index is 12.3. The van der Waals surface area contributed by atoms with Gasteiger partial charge in [0.25, 0.3) is 5.91 Å². The molecule has 20 heavy (non-hydrogen) atoms. The fourth-order valence-corrected chi connectivity index (χ4v) is 3.25. The van der Waals surface area contributed by atoms with E-state index in [1.165, 1.54) is 32.0 Å². The lowest BCUT2D eigenvalue weighted by Crippen LogP contribution is -2.47. The van der Waals surface area contributed by atoms with Gasteiger partial charge in [0.2, 0.25) is 0 Å². The molecule has 0 spiro atoms. The lowest BCUT2D eigenvalue weighted by molar-refractivity contribution is 0.0910. The van der Waals surface area contributed by atoms with E-state index in [2.05, 4.69) is 25.5 Å². The third kappa shape index (κ3) is 2.60. The van der Waals surface area contributed by atoms with Crippen LogP contribution < -0.4 is 10.6 Å². The topological polar surface area (TPSA) is 70.2 Å². The number of piperidine rings is 1. The van der Waals surface area contributed by atoms with Gasteiger partial charge in [-0.15, -0.1) is 0 Å². The smallest absolute Gasteiger partial charge is 0.271 e. The molecule has 2 fully saturated rings. The van der Waals surface area contributed by atoms with Crippen LogP contribution in [0.4, 0.5) is 5.82 Å². The normalized spacial score (nSPS) is 26.1. The van der Waals surface area contributed by atoms with Crippen molar-refractivity contribution in [1.82, 2.24) is 20.2 Å². The van der Waals surface area contributed by atoms with E-state index >= 15 is 0 Å². The van der Waals surface area contributed by atoms with Crippen LogP contribution in [-0.2, 0) is 0 Å². The average Bonchev–Trinajstić information content (AvgIpc) is 2.90. The molecule has 3 heterocycles. The maximum absolute atomic E-state index is 12.3. The summed E-state index contributed by atoms with van der Waals surface area (Å²) in [7, 11) is 1.77. The Hall–Kier alpha value is -1.69. The number of carbonyl (C=O) groups is 1. The van der Waals surface area contributed by atoms with E-state index in [-0.39, 0.29) is 11.9 Å². The molecular formula is C14H21N5O. The van der Waals surface area contributed by atoms with E-state index in [1.54, 1.807) is 13.2 Å². The van der Waals surface area contributed by atoms with Crippen molar-refractivity contribution in [3.8, 4) is 0 Å². The number of aromatic nitrogens is 2. The summed E-state index contributed by atoms with van der Waals surface area (Å²) in [6.07, 6.45) is 7.90. The number of anilines is 1. The highest BCUT2D eigenvalue weighted by Crippen LogP contribution is 2.27. The SMILES string of the molecule is CNc1cncc(C(=O)NC2CCN3CCCCC23)n1. The largest absolute Gasteiger partial charge is 0.372 e. The van der Waals surface area contributed by atoms with Crippen LogP contribution in [0.3, 0.4) is 0 Å². The summed E-state index contributed by atoms with van der Waals surface area (Å²) in [6, 6.07) is 0.760. The predicted octanol–water partition coefficient (Wildman–Crippen LogP) is 0.875. The van der Waals surface area contributed by atoms with Crippen molar-refractivity contribution in [2.75, 3.05) is 25.5 Å². The minimum absolute atomic E-state index is 0.118. The first kappa shape index (κ1) is 13.3. The molecular weight excluding hydrogens is 254 g/mol. The average molecular weight is 275 g/mol. The first-order valence-electron chi connectivity index (χ1n) is 7.32. The molecule has 6 nitrogen and oxygen atoms in total. The van der Waals surface area contributed by atoms with Gasteiger partial charge < -0.3 is 10.6 Å². The minimum Gasteiger partial charge on any atom is -0.372 e. The van der Waals surface area contributed by atoms with Crippen LogP contribution in [0.5, 0.6) is 0 Å². The van der Waals surface area contributed by atoms with Gasteiger partial charge >= 0.3 is 0 Å². The van der Waals surface area contributed by atoms with Gasteiger partial charge in [-0.1, -0.05) is 6.42 Å². The summed E-state index contributed by atoms with van der Waals surface area (Å²) >= 11 is 0. The van der Waals surface area contributed by atoms with E-state index in [1.807, 2.05) is 0 Å².